The van der Waals surface area contributed by atoms with Crippen LogP contribution in [0.15, 0.2) is 18.2 Å². The largest absolute Gasteiger partial charge is 0.383 e. The van der Waals surface area contributed by atoms with Crippen LogP contribution in [0.4, 0.5) is 11.4 Å². The number of hydrogen-bond acceptors (Lipinski definition) is 5. The molecule has 16 heavy (non-hydrogen) atoms. The number of nitro benzene ring substituents is 1. The van der Waals surface area contributed by atoms with Crippen LogP contribution in [-0.4, -0.2) is 25.1 Å². The van der Waals surface area contributed by atoms with Crippen LogP contribution < -0.4 is 11.1 Å². The Morgan fingerprint density at radius 2 is 2.31 bits per heavy atom. The molecule has 0 saturated carbocycles. The Bertz CT molecular complexity index is 368. The van der Waals surface area contributed by atoms with Crippen molar-refractivity contribution in [3.63, 3.8) is 0 Å². The maximum atomic E-state index is 10.6. The minimum Gasteiger partial charge on any atom is -0.383 e. The fourth-order valence-corrected chi connectivity index (χ4v) is 1.35. The van der Waals surface area contributed by atoms with Gasteiger partial charge < -0.3 is 15.8 Å². The number of anilines is 1. The summed E-state index contributed by atoms with van der Waals surface area (Å²) in [6, 6.07) is 4.63. The average molecular weight is 225 g/mol. The van der Waals surface area contributed by atoms with Crippen LogP contribution >= 0.6 is 0 Å². The summed E-state index contributed by atoms with van der Waals surface area (Å²) in [6.07, 6.45) is 0. The lowest BCUT2D eigenvalue weighted by atomic mass is 10.1. The molecule has 3 N–H and O–H groups in total. The highest BCUT2D eigenvalue weighted by atomic mass is 16.6. The van der Waals surface area contributed by atoms with Crippen molar-refractivity contribution in [1.29, 1.82) is 0 Å². The van der Waals surface area contributed by atoms with E-state index in [-0.39, 0.29) is 5.69 Å². The Kier molecular flexibility index (Phi) is 4.68. The summed E-state index contributed by atoms with van der Waals surface area (Å²) in [6.45, 7) is 1.45. The van der Waals surface area contributed by atoms with Crippen molar-refractivity contribution in [2.24, 2.45) is 5.73 Å². The number of benzene rings is 1. The van der Waals surface area contributed by atoms with E-state index in [9.17, 15) is 10.1 Å². The highest BCUT2D eigenvalue weighted by Crippen LogP contribution is 2.22. The number of nitrogens with one attached hydrogen (secondary N) is 1. The molecule has 0 unspecified atom stereocenters. The molecule has 0 aliphatic rings. The highest BCUT2D eigenvalue weighted by molar-refractivity contribution is 5.55. The number of nitrogens with zero attached hydrogens (tertiary/aromatic N) is 1. The molecule has 0 spiro atoms. The molecule has 0 aromatic heterocycles. The van der Waals surface area contributed by atoms with E-state index in [4.69, 9.17) is 10.5 Å². The molecule has 0 radical (unpaired) electrons. The maximum Gasteiger partial charge on any atom is 0.269 e. The van der Waals surface area contributed by atoms with Crippen molar-refractivity contribution in [3.05, 3.63) is 33.9 Å². The zero-order valence-corrected chi connectivity index (χ0v) is 9.10. The van der Waals surface area contributed by atoms with Gasteiger partial charge in [0.2, 0.25) is 0 Å². The maximum absolute atomic E-state index is 10.6. The molecule has 1 rings (SSSR count). The molecule has 0 bridgehead atoms. The number of methoxy groups -OCH3 is 1. The summed E-state index contributed by atoms with van der Waals surface area (Å²) in [5.74, 6) is 0. The molecule has 0 heterocycles. The number of hydrogen-bond donors (Lipinski definition) is 2. The number of nitro groups is 1. The standard InChI is InChI=1S/C10H15N3O3/c1-16-7-8-6-9(13(14)15)2-3-10(8)12-5-4-11/h2-3,6,12H,4-5,7,11H2,1H3. The van der Waals surface area contributed by atoms with E-state index >= 15 is 0 Å². The first-order valence-corrected chi connectivity index (χ1v) is 4.89. The van der Waals surface area contributed by atoms with E-state index in [1.54, 1.807) is 13.2 Å². The molecule has 6 heteroatoms. The average Bonchev–Trinajstić information content (AvgIpc) is 2.27. The molecular formula is C10H15N3O3. The minimum absolute atomic E-state index is 0.0605. The molecule has 1 aromatic rings. The Labute approximate surface area is 93.5 Å². The van der Waals surface area contributed by atoms with Gasteiger partial charge in [0.1, 0.15) is 0 Å². The fraction of sp³-hybridized carbons (Fsp3) is 0.400. The van der Waals surface area contributed by atoms with Crippen LogP contribution in [-0.2, 0) is 11.3 Å². The normalized spacial score (nSPS) is 10.1. The predicted octanol–water partition coefficient (Wildman–Crippen LogP) is 1.11. The second-order valence-corrected chi connectivity index (χ2v) is 3.25. The van der Waals surface area contributed by atoms with E-state index in [1.807, 2.05) is 0 Å². The first-order valence-electron chi connectivity index (χ1n) is 4.89. The monoisotopic (exact) mass is 225 g/mol. The van der Waals surface area contributed by atoms with Crippen molar-refractivity contribution < 1.29 is 9.66 Å². The van der Waals surface area contributed by atoms with Crippen LogP contribution in [0.2, 0.25) is 0 Å². The Morgan fingerprint density at radius 1 is 1.56 bits per heavy atom. The lowest BCUT2D eigenvalue weighted by Crippen LogP contribution is -2.14. The zero-order chi connectivity index (χ0) is 12.0. The van der Waals surface area contributed by atoms with E-state index in [0.717, 1.165) is 11.3 Å². The van der Waals surface area contributed by atoms with Gasteiger partial charge in [-0.1, -0.05) is 0 Å². The van der Waals surface area contributed by atoms with Gasteiger partial charge in [-0.05, 0) is 6.07 Å². The van der Waals surface area contributed by atoms with E-state index in [1.165, 1.54) is 12.1 Å². The third kappa shape index (κ3) is 3.18. The zero-order valence-electron chi connectivity index (χ0n) is 9.10. The van der Waals surface area contributed by atoms with Gasteiger partial charge in [-0.2, -0.15) is 0 Å². The predicted molar refractivity (Wildman–Crippen MR) is 61.4 cm³/mol. The molecule has 0 atom stereocenters. The van der Waals surface area contributed by atoms with Crippen molar-refractivity contribution in [1.82, 2.24) is 0 Å². The smallest absolute Gasteiger partial charge is 0.269 e. The highest BCUT2D eigenvalue weighted by Gasteiger charge is 2.10. The van der Waals surface area contributed by atoms with E-state index in [0.29, 0.717) is 19.7 Å². The number of rotatable bonds is 6. The molecule has 0 aliphatic carbocycles. The molecule has 0 fully saturated rings. The van der Waals surface area contributed by atoms with Crippen LogP contribution in [0.5, 0.6) is 0 Å². The van der Waals surface area contributed by atoms with Crippen LogP contribution in [0.25, 0.3) is 0 Å². The van der Waals surface area contributed by atoms with Gasteiger partial charge in [0, 0.05) is 43.6 Å². The molecule has 0 saturated heterocycles. The van der Waals surface area contributed by atoms with E-state index < -0.39 is 4.92 Å². The molecule has 0 amide bonds. The minimum atomic E-state index is -0.425. The number of nitrogens with two attached hydrogens (primary N) is 1. The fourth-order valence-electron chi connectivity index (χ4n) is 1.35. The first kappa shape index (κ1) is 12.4. The van der Waals surface area contributed by atoms with Gasteiger partial charge in [-0.25, -0.2) is 0 Å². The molecule has 1 aromatic carbocycles. The van der Waals surface area contributed by atoms with Gasteiger partial charge in [-0.15, -0.1) is 0 Å². The van der Waals surface area contributed by atoms with Gasteiger partial charge in [0.25, 0.3) is 5.69 Å². The lowest BCUT2D eigenvalue weighted by molar-refractivity contribution is -0.384. The molecular weight excluding hydrogens is 210 g/mol. The van der Waals surface area contributed by atoms with Crippen molar-refractivity contribution >= 4 is 11.4 Å². The third-order valence-electron chi connectivity index (χ3n) is 2.06. The van der Waals surface area contributed by atoms with Gasteiger partial charge in [-0.3, -0.25) is 10.1 Å². The summed E-state index contributed by atoms with van der Waals surface area (Å²) in [5.41, 5.74) is 7.01. The van der Waals surface area contributed by atoms with Crippen molar-refractivity contribution in [2.75, 3.05) is 25.5 Å². The van der Waals surface area contributed by atoms with Crippen LogP contribution in [0.3, 0.4) is 0 Å². The van der Waals surface area contributed by atoms with Crippen LogP contribution in [0.1, 0.15) is 5.56 Å². The van der Waals surface area contributed by atoms with Crippen LogP contribution in [0, 0.1) is 10.1 Å². The van der Waals surface area contributed by atoms with Crippen molar-refractivity contribution in [2.45, 2.75) is 6.61 Å². The van der Waals surface area contributed by atoms with Gasteiger partial charge >= 0.3 is 0 Å². The summed E-state index contributed by atoms with van der Waals surface area (Å²) in [7, 11) is 1.55. The summed E-state index contributed by atoms with van der Waals surface area (Å²) >= 11 is 0. The third-order valence-corrected chi connectivity index (χ3v) is 2.06. The van der Waals surface area contributed by atoms with Gasteiger partial charge in [0.05, 0.1) is 11.5 Å². The molecule has 88 valence electrons. The van der Waals surface area contributed by atoms with E-state index in [2.05, 4.69) is 5.32 Å². The summed E-state index contributed by atoms with van der Waals surface area (Å²) in [5, 5.41) is 13.7. The van der Waals surface area contributed by atoms with Gasteiger partial charge in [0.15, 0.2) is 0 Å². The summed E-state index contributed by atoms with van der Waals surface area (Å²) < 4.78 is 4.99. The molecule has 0 aliphatic heterocycles. The molecule has 6 nitrogen and oxygen atoms in total. The Morgan fingerprint density at radius 3 is 2.88 bits per heavy atom. The quantitative estimate of drug-likeness (QED) is 0.559. The Hall–Kier alpha value is -1.66. The number of ether oxygens (including phenoxy) is 1. The second-order valence-electron chi connectivity index (χ2n) is 3.25. The topological polar surface area (TPSA) is 90.4 Å². The Balaban J connectivity index is 2.94. The van der Waals surface area contributed by atoms with Crippen molar-refractivity contribution in [3.8, 4) is 0 Å². The lowest BCUT2D eigenvalue weighted by Gasteiger charge is -2.10. The SMILES string of the molecule is COCc1cc([N+](=O)[O-])ccc1NCCN. The summed E-state index contributed by atoms with van der Waals surface area (Å²) in [4.78, 5) is 10.2. The second kappa shape index (κ2) is 6.04. The first-order chi connectivity index (χ1) is 7.69. The number of non-ortho nitro benzene ring substituents is 1.